The van der Waals surface area contributed by atoms with Crippen molar-refractivity contribution in [1.29, 1.82) is 0 Å². The quantitative estimate of drug-likeness (QED) is 0.784. The highest BCUT2D eigenvalue weighted by Crippen LogP contribution is 2.21. The Labute approximate surface area is 102 Å². The Bertz CT molecular complexity index is 668. The largest absolute Gasteiger partial charge is 0.329 e. The summed E-state index contributed by atoms with van der Waals surface area (Å²) in [4.78, 5) is 25.7. The van der Waals surface area contributed by atoms with E-state index < -0.39 is 11.2 Å². The van der Waals surface area contributed by atoms with Crippen LogP contribution in [0.1, 0.15) is 5.56 Å². The van der Waals surface area contributed by atoms with Crippen LogP contribution < -0.4 is 11.2 Å². The predicted molar refractivity (Wildman–Crippen MR) is 67.5 cm³/mol. The minimum Gasteiger partial charge on any atom is -0.297 e. The maximum Gasteiger partial charge on any atom is 0.329 e. The summed E-state index contributed by atoms with van der Waals surface area (Å²) in [5, 5.41) is 0.0713. The van der Waals surface area contributed by atoms with Crippen molar-refractivity contribution in [1.82, 2.24) is 9.55 Å². The molecule has 0 aliphatic rings. The molecule has 1 N–H and O–H groups in total. The molecule has 0 atom stereocenters. The van der Waals surface area contributed by atoms with Crippen LogP contribution in [0.3, 0.4) is 0 Å². The topological polar surface area (TPSA) is 54.9 Å². The molecule has 0 saturated carbocycles. The highest BCUT2D eigenvalue weighted by atomic mass is 35.5. The van der Waals surface area contributed by atoms with E-state index in [1.54, 1.807) is 12.1 Å². The number of hydrogen-bond donors (Lipinski definition) is 1. The molecule has 1 heterocycles. The summed E-state index contributed by atoms with van der Waals surface area (Å²) < 4.78 is 1.00. The molecule has 1 aromatic carbocycles. The Morgan fingerprint density at radius 3 is 2.35 bits per heavy atom. The summed E-state index contributed by atoms with van der Waals surface area (Å²) in [6.45, 7) is 1.95. The number of halogens is 1. The normalized spacial score (nSPS) is 10.5. The number of rotatable bonds is 1. The van der Waals surface area contributed by atoms with Crippen molar-refractivity contribution in [3.63, 3.8) is 0 Å². The van der Waals surface area contributed by atoms with Crippen molar-refractivity contribution >= 4 is 11.6 Å². The third kappa shape index (κ3) is 2.03. The van der Waals surface area contributed by atoms with Gasteiger partial charge in [-0.25, -0.2) is 4.79 Å². The van der Waals surface area contributed by atoms with Gasteiger partial charge in [0.25, 0.3) is 5.56 Å². The van der Waals surface area contributed by atoms with Gasteiger partial charge in [0.1, 0.15) is 5.15 Å². The number of nitrogens with zero attached hydrogens (tertiary/aromatic N) is 1. The molecule has 0 aliphatic carbocycles. The number of H-pyrrole nitrogens is 1. The molecule has 4 nitrogen and oxygen atoms in total. The van der Waals surface area contributed by atoms with Gasteiger partial charge in [0, 0.05) is 7.05 Å². The molecule has 0 aliphatic heterocycles. The highest BCUT2D eigenvalue weighted by Gasteiger charge is 2.12. The first kappa shape index (κ1) is 11.7. The number of aryl methyl sites for hydroxylation is 1. The van der Waals surface area contributed by atoms with Gasteiger partial charge in [-0.2, -0.15) is 0 Å². The standard InChI is InChI=1S/C12H11ClN2O2/c1-7-3-5-8(6-4-7)9-10(13)14-12(17)15(2)11(9)16/h3-6H,1-2H3,(H,14,17). The molecule has 0 bridgehead atoms. The van der Waals surface area contributed by atoms with Crippen LogP contribution in [0.15, 0.2) is 33.9 Å². The van der Waals surface area contributed by atoms with E-state index in [0.29, 0.717) is 11.1 Å². The summed E-state index contributed by atoms with van der Waals surface area (Å²) in [6, 6.07) is 7.37. The van der Waals surface area contributed by atoms with E-state index in [1.165, 1.54) is 7.05 Å². The third-order valence-corrected chi connectivity index (χ3v) is 2.88. The molecule has 2 aromatic rings. The fraction of sp³-hybridized carbons (Fsp3) is 0.167. The van der Waals surface area contributed by atoms with E-state index in [2.05, 4.69) is 4.98 Å². The monoisotopic (exact) mass is 250 g/mol. The summed E-state index contributed by atoms with van der Waals surface area (Å²) in [6.07, 6.45) is 0. The van der Waals surface area contributed by atoms with Crippen LogP contribution in [0.5, 0.6) is 0 Å². The van der Waals surface area contributed by atoms with Crippen LogP contribution in [0.25, 0.3) is 11.1 Å². The van der Waals surface area contributed by atoms with Crippen molar-refractivity contribution in [2.45, 2.75) is 6.92 Å². The maximum absolute atomic E-state index is 12.0. The molecule has 0 fully saturated rings. The van der Waals surface area contributed by atoms with Gasteiger partial charge < -0.3 is 0 Å². The molecule has 17 heavy (non-hydrogen) atoms. The van der Waals surface area contributed by atoms with E-state index in [0.717, 1.165) is 10.1 Å². The second-order valence-electron chi connectivity index (χ2n) is 3.85. The lowest BCUT2D eigenvalue weighted by molar-refractivity contribution is 0.779. The summed E-state index contributed by atoms with van der Waals surface area (Å²) in [5.41, 5.74) is 1.18. The first-order valence-electron chi connectivity index (χ1n) is 5.06. The van der Waals surface area contributed by atoms with Crippen LogP contribution in [0.2, 0.25) is 5.15 Å². The van der Waals surface area contributed by atoms with E-state index in [1.807, 2.05) is 19.1 Å². The highest BCUT2D eigenvalue weighted by molar-refractivity contribution is 6.32. The number of benzene rings is 1. The van der Waals surface area contributed by atoms with Crippen molar-refractivity contribution in [2.75, 3.05) is 0 Å². The van der Waals surface area contributed by atoms with Crippen molar-refractivity contribution in [3.8, 4) is 11.1 Å². The SMILES string of the molecule is Cc1ccc(-c2c(Cl)[nH]c(=O)n(C)c2=O)cc1. The molecule has 0 unspecified atom stereocenters. The number of nitrogens with one attached hydrogen (secondary N) is 1. The zero-order valence-corrected chi connectivity index (χ0v) is 10.2. The Hall–Kier alpha value is -1.81. The fourth-order valence-electron chi connectivity index (χ4n) is 1.56. The molecular weight excluding hydrogens is 240 g/mol. The first-order chi connectivity index (χ1) is 8.00. The van der Waals surface area contributed by atoms with Crippen LogP contribution >= 0.6 is 11.6 Å². The zero-order chi connectivity index (χ0) is 12.6. The number of aromatic amines is 1. The lowest BCUT2D eigenvalue weighted by atomic mass is 10.1. The summed E-state index contributed by atoms with van der Waals surface area (Å²) in [7, 11) is 1.41. The van der Waals surface area contributed by atoms with E-state index in [4.69, 9.17) is 11.6 Å². The van der Waals surface area contributed by atoms with Crippen LogP contribution in [0.4, 0.5) is 0 Å². The Balaban J connectivity index is 2.76. The smallest absolute Gasteiger partial charge is 0.297 e. The zero-order valence-electron chi connectivity index (χ0n) is 9.45. The minimum atomic E-state index is -0.518. The van der Waals surface area contributed by atoms with Crippen molar-refractivity contribution < 1.29 is 0 Å². The summed E-state index contributed by atoms with van der Waals surface area (Å²) >= 11 is 5.91. The lowest BCUT2D eigenvalue weighted by Gasteiger charge is -2.05. The van der Waals surface area contributed by atoms with Gasteiger partial charge in [-0.05, 0) is 12.5 Å². The molecule has 88 valence electrons. The minimum absolute atomic E-state index is 0.0713. The predicted octanol–water partition coefficient (Wildman–Crippen LogP) is 1.70. The molecular formula is C12H11ClN2O2. The van der Waals surface area contributed by atoms with E-state index in [-0.39, 0.29) is 5.15 Å². The average Bonchev–Trinajstić information content (AvgIpc) is 2.29. The fourth-order valence-corrected chi connectivity index (χ4v) is 1.84. The van der Waals surface area contributed by atoms with E-state index >= 15 is 0 Å². The molecule has 2 rings (SSSR count). The second kappa shape index (κ2) is 4.22. The molecule has 1 aromatic heterocycles. The molecule has 0 saturated heterocycles. The van der Waals surface area contributed by atoms with Gasteiger partial charge in [-0.15, -0.1) is 0 Å². The molecule has 0 amide bonds. The second-order valence-corrected chi connectivity index (χ2v) is 4.23. The van der Waals surface area contributed by atoms with Crippen LogP contribution in [-0.4, -0.2) is 9.55 Å². The lowest BCUT2D eigenvalue weighted by Crippen LogP contribution is -2.33. The van der Waals surface area contributed by atoms with Gasteiger partial charge in [0.2, 0.25) is 0 Å². The van der Waals surface area contributed by atoms with Gasteiger partial charge >= 0.3 is 5.69 Å². The number of aromatic nitrogens is 2. The molecule has 5 heteroatoms. The third-order valence-electron chi connectivity index (χ3n) is 2.60. The van der Waals surface area contributed by atoms with Gasteiger partial charge in [-0.1, -0.05) is 41.4 Å². The van der Waals surface area contributed by atoms with Crippen LogP contribution in [0, 0.1) is 6.92 Å². The molecule has 0 radical (unpaired) electrons. The van der Waals surface area contributed by atoms with Crippen molar-refractivity contribution in [3.05, 3.63) is 55.8 Å². The van der Waals surface area contributed by atoms with E-state index in [9.17, 15) is 9.59 Å². The van der Waals surface area contributed by atoms with Gasteiger partial charge in [0.05, 0.1) is 5.56 Å². The average molecular weight is 251 g/mol. The van der Waals surface area contributed by atoms with Crippen molar-refractivity contribution in [2.24, 2.45) is 7.05 Å². The Morgan fingerprint density at radius 1 is 1.18 bits per heavy atom. The molecule has 0 spiro atoms. The first-order valence-corrected chi connectivity index (χ1v) is 5.44. The Morgan fingerprint density at radius 2 is 1.76 bits per heavy atom. The number of hydrogen-bond acceptors (Lipinski definition) is 2. The van der Waals surface area contributed by atoms with Gasteiger partial charge in [0.15, 0.2) is 0 Å². The van der Waals surface area contributed by atoms with Crippen LogP contribution in [-0.2, 0) is 7.05 Å². The van der Waals surface area contributed by atoms with Gasteiger partial charge in [-0.3, -0.25) is 14.3 Å². The Kier molecular flexibility index (Phi) is 2.90. The maximum atomic E-state index is 12.0. The summed E-state index contributed by atoms with van der Waals surface area (Å²) in [5.74, 6) is 0.